The standard InChI is InChI=1S/C13H15IO2/c1-3-15-13(16-4-2)10-7-11-5-8-12(14)9-6-11/h5-6,8-9,13H,3-4H2,1-2H3. The third kappa shape index (κ3) is 4.97. The van der Waals surface area contributed by atoms with Gasteiger partial charge in [-0.2, -0.15) is 0 Å². The van der Waals surface area contributed by atoms with Gasteiger partial charge >= 0.3 is 0 Å². The summed E-state index contributed by atoms with van der Waals surface area (Å²) < 4.78 is 11.9. The highest BCUT2D eigenvalue weighted by molar-refractivity contribution is 14.1. The normalized spacial score (nSPS) is 10.0. The molecule has 16 heavy (non-hydrogen) atoms. The summed E-state index contributed by atoms with van der Waals surface area (Å²) >= 11 is 2.27. The van der Waals surface area contributed by atoms with Gasteiger partial charge in [-0.1, -0.05) is 5.92 Å². The lowest BCUT2D eigenvalue weighted by molar-refractivity contribution is -0.0969. The first-order valence-corrected chi connectivity index (χ1v) is 6.34. The molecule has 0 radical (unpaired) electrons. The quantitative estimate of drug-likeness (QED) is 0.480. The summed E-state index contributed by atoms with van der Waals surface area (Å²) in [5.74, 6) is 6.00. The largest absolute Gasteiger partial charge is 0.342 e. The molecule has 0 aliphatic rings. The molecule has 0 bridgehead atoms. The predicted molar refractivity (Wildman–Crippen MR) is 73.1 cm³/mol. The Morgan fingerprint density at radius 3 is 2.19 bits per heavy atom. The average molecular weight is 330 g/mol. The fourth-order valence-electron chi connectivity index (χ4n) is 1.11. The van der Waals surface area contributed by atoms with Gasteiger partial charge in [0.1, 0.15) is 0 Å². The molecule has 0 spiro atoms. The van der Waals surface area contributed by atoms with Crippen LogP contribution >= 0.6 is 22.6 Å². The van der Waals surface area contributed by atoms with Crippen LogP contribution in [0.4, 0.5) is 0 Å². The maximum atomic E-state index is 5.33. The first-order chi connectivity index (χ1) is 7.76. The molecule has 0 unspecified atom stereocenters. The maximum absolute atomic E-state index is 5.33. The molecule has 0 aromatic heterocycles. The van der Waals surface area contributed by atoms with Crippen LogP contribution in [0.3, 0.4) is 0 Å². The van der Waals surface area contributed by atoms with Gasteiger partial charge in [-0.05, 0) is 66.6 Å². The van der Waals surface area contributed by atoms with E-state index in [4.69, 9.17) is 9.47 Å². The highest BCUT2D eigenvalue weighted by Gasteiger charge is 2.01. The highest BCUT2D eigenvalue weighted by Crippen LogP contribution is 2.05. The second-order valence-electron chi connectivity index (χ2n) is 3.02. The van der Waals surface area contributed by atoms with E-state index in [-0.39, 0.29) is 0 Å². The first kappa shape index (κ1) is 13.5. The first-order valence-electron chi connectivity index (χ1n) is 5.26. The van der Waals surface area contributed by atoms with Crippen LogP contribution in [0.2, 0.25) is 0 Å². The van der Waals surface area contributed by atoms with Crippen molar-refractivity contribution in [1.82, 2.24) is 0 Å². The maximum Gasteiger partial charge on any atom is 0.222 e. The molecule has 0 heterocycles. The Bertz CT molecular complexity index is 356. The third-order valence-electron chi connectivity index (χ3n) is 1.81. The molecule has 0 aliphatic heterocycles. The van der Waals surface area contributed by atoms with E-state index in [1.165, 1.54) is 3.57 Å². The lowest BCUT2D eigenvalue weighted by Crippen LogP contribution is -2.14. The van der Waals surface area contributed by atoms with Gasteiger partial charge in [0.05, 0.1) is 0 Å². The summed E-state index contributed by atoms with van der Waals surface area (Å²) in [7, 11) is 0. The molecule has 3 heteroatoms. The molecule has 1 rings (SSSR count). The van der Waals surface area contributed by atoms with Crippen LogP contribution in [-0.2, 0) is 9.47 Å². The third-order valence-corrected chi connectivity index (χ3v) is 2.53. The van der Waals surface area contributed by atoms with Crippen molar-refractivity contribution in [2.24, 2.45) is 0 Å². The molecule has 0 atom stereocenters. The minimum Gasteiger partial charge on any atom is -0.342 e. The Hall–Kier alpha value is -0.570. The van der Waals surface area contributed by atoms with Crippen molar-refractivity contribution in [3.8, 4) is 11.8 Å². The number of halogens is 1. The molecule has 1 aromatic carbocycles. The van der Waals surface area contributed by atoms with Crippen molar-refractivity contribution in [2.75, 3.05) is 13.2 Å². The molecule has 0 N–H and O–H groups in total. The summed E-state index contributed by atoms with van der Waals surface area (Å²) in [4.78, 5) is 0. The number of ether oxygens (including phenoxy) is 2. The van der Waals surface area contributed by atoms with Gasteiger partial charge < -0.3 is 9.47 Å². The summed E-state index contributed by atoms with van der Waals surface area (Å²) in [5.41, 5.74) is 0.977. The summed E-state index contributed by atoms with van der Waals surface area (Å²) in [6.07, 6.45) is -0.422. The van der Waals surface area contributed by atoms with Gasteiger partial charge in [0, 0.05) is 22.3 Å². The molecule has 2 nitrogen and oxygen atoms in total. The van der Waals surface area contributed by atoms with Crippen molar-refractivity contribution in [3.63, 3.8) is 0 Å². The van der Waals surface area contributed by atoms with Crippen LogP contribution in [0, 0.1) is 15.4 Å². The Morgan fingerprint density at radius 1 is 1.12 bits per heavy atom. The fraction of sp³-hybridized carbons (Fsp3) is 0.385. The van der Waals surface area contributed by atoms with Gasteiger partial charge in [-0.25, -0.2) is 0 Å². The fourth-order valence-corrected chi connectivity index (χ4v) is 1.47. The van der Waals surface area contributed by atoms with E-state index in [1.54, 1.807) is 0 Å². The smallest absolute Gasteiger partial charge is 0.222 e. The molecule has 0 amide bonds. The van der Waals surface area contributed by atoms with Gasteiger partial charge in [0.25, 0.3) is 0 Å². The van der Waals surface area contributed by atoms with Crippen LogP contribution in [0.5, 0.6) is 0 Å². The van der Waals surface area contributed by atoms with E-state index in [1.807, 2.05) is 38.1 Å². The van der Waals surface area contributed by atoms with Crippen molar-refractivity contribution < 1.29 is 9.47 Å². The van der Waals surface area contributed by atoms with Crippen LogP contribution in [0.15, 0.2) is 24.3 Å². The highest BCUT2D eigenvalue weighted by atomic mass is 127. The van der Waals surface area contributed by atoms with Crippen molar-refractivity contribution in [3.05, 3.63) is 33.4 Å². The number of rotatable bonds is 4. The lowest BCUT2D eigenvalue weighted by Gasteiger charge is -2.09. The molecule has 0 fully saturated rings. The van der Waals surface area contributed by atoms with E-state index < -0.39 is 6.29 Å². The minimum atomic E-state index is -0.422. The summed E-state index contributed by atoms with van der Waals surface area (Å²) in [6, 6.07) is 8.04. The lowest BCUT2D eigenvalue weighted by atomic mass is 10.2. The van der Waals surface area contributed by atoms with E-state index >= 15 is 0 Å². The molecule has 86 valence electrons. The van der Waals surface area contributed by atoms with Crippen LogP contribution < -0.4 is 0 Å². The molecular formula is C13H15IO2. The van der Waals surface area contributed by atoms with Crippen molar-refractivity contribution >= 4 is 22.6 Å². The Balaban J connectivity index is 2.66. The van der Waals surface area contributed by atoms with Crippen molar-refractivity contribution in [1.29, 1.82) is 0 Å². The van der Waals surface area contributed by atoms with Gasteiger partial charge in [0.15, 0.2) is 0 Å². The van der Waals surface area contributed by atoms with Gasteiger partial charge in [0.2, 0.25) is 6.29 Å². The second-order valence-corrected chi connectivity index (χ2v) is 4.26. The average Bonchev–Trinajstić information content (AvgIpc) is 2.29. The monoisotopic (exact) mass is 330 g/mol. The molecule has 0 saturated heterocycles. The number of benzene rings is 1. The zero-order valence-corrected chi connectivity index (χ0v) is 11.7. The van der Waals surface area contributed by atoms with E-state index in [2.05, 4.69) is 34.4 Å². The van der Waals surface area contributed by atoms with Crippen molar-refractivity contribution in [2.45, 2.75) is 20.1 Å². The Labute approximate surface area is 110 Å². The molecule has 0 aliphatic carbocycles. The number of hydrogen-bond donors (Lipinski definition) is 0. The SMILES string of the molecule is CCOC(C#Cc1ccc(I)cc1)OCC. The summed E-state index contributed by atoms with van der Waals surface area (Å²) in [5, 5.41) is 0. The Morgan fingerprint density at radius 2 is 1.69 bits per heavy atom. The van der Waals surface area contributed by atoms with Crippen LogP contribution in [0.25, 0.3) is 0 Å². The minimum absolute atomic E-state index is 0.422. The van der Waals surface area contributed by atoms with E-state index in [0.29, 0.717) is 13.2 Å². The van der Waals surface area contributed by atoms with E-state index in [0.717, 1.165) is 5.56 Å². The molecule has 1 aromatic rings. The van der Waals surface area contributed by atoms with Crippen LogP contribution in [-0.4, -0.2) is 19.5 Å². The second kappa shape index (κ2) is 7.66. The topological polar surface area (TPSA) is 18.5 Å². The van der Waals surface area contributed by atoms with Crippen LogP contribution in [0.1, 0.15) is 19.4 Å². The Kier molecular flexibility index (Phi) is 6.46. The number of hydrogen-bond acceptors (Lipinski definition) is 2. The molecular weight excluding hydrogens is 315 g/mol. The summed E-state index contributed by atoms with van der Waals surface area (Å²) in [6.45, 7) is 5.06. The molecule has 0 saturated carbocycles. The van der Waals surface area contributed by atoms with E-state index in [9.17, 15) is 0 Å². The van der Waals surface area contributed by atoms with Gasteiger partial charge in [-0.3, -0.25) is 0 Å². The predicted octanol–water partition coefficient (Wildman–Crippen LogP) is 3.04. The van der Waals surface area contributed by atoms with Gasteiger partial charge in [-0.15, -0.1) is 0 Å². The zero-order valence-electron chi connectivity index (χ0n) is 9.50. The zero-order chi connectivity index (χ0) is 11.8.